The number of rotatable bonds is 1. The van der Waals surface area contributed by atoms with E-state index in [4.69, 9.17) is 5.73 Å². The van der Waals surface area contributed by atoms with Crippen molar-refractivity contribution in [3.05, 3.63) is 30.4 Å². The predicted molar refractivity (Wildman–Crippen MR) is 68.7 cm³/mol. The molecule has 0 radical (unpaired) electrons. The zero-order valence-corrected chi connectivity index (χ0v) is 9.91. The topological polar surface area (TPSA) is 43.3 Å². The third kappa shape index (κ3) is 1.57. The fourth-order valence-corrected chi connectivity index (χ4v) is 3.56. The fourth-order valence-electron chi connectivity index (χ4n) is 2.25. The molecular formula is C12H15N3S. The van der Waals surface area contributed by atoms with Crippen molar-refractivity contribution in [2.45, 2.75) is 24.5 Å². The van der Waals surface area contributed by atoms with Crippen molar-refractivity contribution in [1.82, 2.24) is 9.38 Å². The standard InChI is InChI=1S/C12H15N3S/c13-9-4-3-6-15-10(9)8-14-12(15)11-5-1-2-7-16-11/h3-4,6,8,11H,1-2,5,7,13H2. The Balaban J connectivity index is 2.06. The molecule has 2 aromatic heterocycles. The second kappa shape index (κ2) is 4.01. The zero-order valence-electron chi connectivity index (χ0n) is 9.10. The molecule has 1 atom stereocenters. The number of hydrogen-bond donors (Lipinski definition) is 1. The molecule has 84 valence electrons. The summed E-state index contributed by atoms with van der Waals surface area (Å²) in [5, 5.41) is 0.540. The van der Waals surface area contributed by atoms with Crippen molar-refractivity contribution in [2.24, 2.45) is 0 Å². The number of nitrogens with two attached hydrogens (primary N) is 1. The predicted octanol–water partition coefficient (Wildman–Crippen LogP) is 2.87. The number of fused-ring (bicyclic) bond motifs is 1. The van der Waals surface area contributed by atoms with Crippen LogP contribution in [-0.4, -0.2) is 15.1 Å². The first-order chi connectivity index (χ1) is 7.86. The quantitative estimate of drug-likeness (QED) is 0.823. The van der Waals surface area contributed by atoms with Crippen LogP contribution in [0.3, 0.4) is 0 Å². The Kier molecular flexibility index (Phi) is 2.52. The second-order valence-electron chi connectivity index (χ2n) is 4.19. The Morgan fingerprint density at radius 2 is 2.38 bits per heavy atom. The molecule has 2 N–H and O–H groups in total. The first-order valence-electron chi connectivity index (χ1n) is 5.69. The van der Waals surface area contributed by atoms with E-state index in [1.165, 1.54) is 25.0 Å². The van der Waals surface area contributed by atoms with Gasteiger partial charge in [0.15, 0.2) is 0 Å². The number of thioether (sulfide) groups is 1. The van der Waals surface area contributed by atoms with Gasteiger partial charge in [0.2, 0.25) is 0 Å². The van der Waals surface area contributed by atoms with Crippen LogP contribution in [0.2, 0.25) is 0 Å². The van der Waals surface area contributed by atoms with E-state index in [-0.39, 0.29) is 0 Å². The minimum absolute atomic E-state index is 0.540. The third-order valence-electron chi connectivity index (χ3n) is 3.10. The average molecular weight is 233 g/mol. The second-order valence-corrected chi connectivity index (χ2v) is 5.50. The van der Waals surface area contributed by atoms with Gasteiger partial charge in [0.05, 0.1) is 22.7 Å². The summed E-state index contributed by atoms with van der Waals surface area (Å²) in [4.78, 5) is 4.54. The molecule has 0 amide bonds. The van der Waals surface area contributed by atoms with Crippen LogP contribution in [0.15, 0.2) is 24.5 Å². The van der Waals surface area contributed by atoms with Gasteiger partial charge in [0.1, 0.15) is 5.82 Å². The largest absolute Gasteiger partial charge is 0.397 e. The molecular weight excluding hydrogens is 218 g/mol. The summed E-state index contributed by atoms with van der Waals surface area (Å²) in [6, 6.07) is 3.91. The van der Waals surface area contributed by atoms with Crippen LogP contribution >= 0.6 is 11.8 Å². The summed E-state index contributed by atoms with van der Waals surface area (Å²) in [5.41, 5.74) is 7.77. The summed E-state index contributed by atoms with van der Waals surface area (Å²) >= 11 is 2.02. The molecule has 1 saturated heterocycles. The van der Waals surface area contributed by atoms with Gasteiger partial charge >= 0.3 is 0 Å². The van der Waals surface area contributed by atoms with Crippen molar-refractivity contribution in [3.63, 3.8) is 0 Å². The highest BCUT2D eigenvalue weighted by atomic mass is 32.2. The molecule has 1 unspecified atom stereocenters. The maximum absolute atomic E-state index is 5.93. The molecule has 3 nitrogen and oxygen atoms in total. The summed E-state index contributed by atoms with van der Waals surface area (Å²) in [6.07, 6.45) is 7.84. The van der Waals surface area contributed by atoms with E-state index in [9.17, 15) is 0 Å². The first-order valence-corrected chi connectivity index (χ1v) is 6.74. The lowest BCUT2D eigenvalue weighted by molar-refractivity contribution is 0.661. The Bertz CT molecular complexity index is 500. The van der Waals surface area contributed by atoms with Gasteiger partial charge in [-0.25, -0.2) is 4.98 Å². The highest BCUT2D eigenvalue weighted by Crippen LogP contribution is 2.38. The minimum Gasteiger partial charge on any atom is -0.397 e. The van der Waals surface area contributed by atoms with E-state index in [2.05, 4.69) is 15.6 Å². The van der Waals surface area contributed by atoms with Gasteiger partial charge in [0, 0.05) is 6.20 Å². The Labute approximate surface area is 99.1 Å². The highest BCUT2D eigenvalue weighted by Gasteiger charge is 2.20. The van der Waals surface area contributed by atoms with Crippen LogP contribution in [0.4, 0.5) is 5.69 Å². The SMILES string of the molecule is Nc1cccn2c(C3CCCCS3)ncc12. The van der Waals surface area contributed by atoms with E-state index in [0.717, 1.165) is 17.0 Å². The number of imidazole rings is 1. The molecule has 1 aliphatic heterocycles. The van der Waals surface area contributed by atoms with E-state index in [0.29, 0.717) is 5.25 Å². The van der Waals surface area contributed by atoms with Crippen molar-refractivity contribution in [2.75, 3.05) is 11.5 Å². The van der Waals surface area contributed by atoms with Crippen molar-refractivity contribution >= 4 is 23.0 Å². The van der Waals surface area contributed by atoms with E-state index in [1.54, 1.807) is 0 Å². The molecule has 0 aliphatic carbocycles. The minimum atomic E-state index is 0.540. The van der Waals surface area contributed by atoms with Gasteiger partial charge in [-0.2, -0.15) is 11.8 Å². The van der Waals surface area contributed by atoms with Gasteiger partial charge in [-0.3, -0.25) is 0 Å². The molecule has 0 bridgehead atoms. The van der Waals surface area contributed by atoms with Crippen molar-refractivity contribution in [1.29, 1.82) is 0 Å². The lowest BCUT2D eigenvalue weighted by atomic mass is 10.2. The van der Waals surface area contributed by atoms with Crippen LogP contribution < -0.4 is 5.73 Å². The molecule has 3 rings (SSSR count). The fraction of sp³-hybridized carbons (Fsp3) is 0.417. The molecule has 0 saturated carbocycles. The maximum atomic E-state index is 5.93. The van der Waals surface area contributed by atoms with Crippen molar-refractivity contribution < 1.29 is 0 Å². The van der Waals surface area contributed by atoms with Gasteiger partial charge < -0.3 is 10.1 Å². The van der Waals surface area contributed by atoms with Crippen LogP contribution in [0, 0.1) is 0 Å². The van der Waals surface area contributed by atoms with Gasteiger partial charge in [-0.1, -0.05) is 6.42 Å². The van der Waals surface area contributed by atoms with Crippen LogP contribution in [0.1, 0.15) is 30.3 Å². The lowest BCUT2D eigenvalue weighted by Crippen LogP contribution is -2.06. The van der Waals surface area contributed by atoms with E-state index >= 15 is 0 Å². The smallest absolute Gasteiger partial charge is 0.126 e. The number of nitrogen functional groups attached to an aromatic ring is 1. The summed E-state index contributed by atoms with van der Waals surface area (Å²) < 4.78 is 2.14. The van der Waals surface area contributed by atoms with Crippen LogP contribution in [0.25, 0.3) is 5.52 Å². The van der Waals surface area contributed by atoms with Crippen LogP contribution in [0.5, 0.6) is 0 Å². The number of pyridine rings is 1. The third-order valence-corrected chi connectivity index (χ3v) is 4.47. The molecule has 1 fully saturated rings. The summed E-state index contributed by atoms with van der Waals surface area (Å²) in [6.45, 7) is 0. The average Bonchev–Trinajstić information content (AvgIpc) is 2.75. The Morgan fingerprint density at radius 3 is 3.19 bits per heavy atom. The highest BCUT2D eigenvalue weighted by molar-refractivity contribution is 7.99. The maximum Gasteiger partial charge on any atom is 0.126 e. The lowest BCUT2D eigenvalue weighted by Gasteiger charge is -2.20. The van der Waals surface area contributed by atoms with E-state index < -0.39 is 0 Å². The number of aromatic nitrogens is 2. The summed E-state index contributed by atoms with van der Waals surface area (Å²) in [7, 11) is 0. The zero-order chi connectivity index (χ0) is 11.0. The molecule has 0 spiro atoms. The monoisotopic (exact) mass is 233 g/mol. The molecule has 4 heteroatoms. The molecule has 0 aromatic carbocycles. The molecule has 2 aromatic rings. The number of nitrogens with zero attached hydrogens (tertiary/aromatic N) is 2. The van der Waals surface area contributed by atoms with Gasteiger partial charge in [0.25, 0.3) is 0 Å². The number of hydrogen-bond acceptors (Lipinski definition) is 3. The van der Waals surface area contributed by atoms with Crippen molar-refractivity contribution in [3.8, 4) is 0 Å². The first kappa shape index (κ1) is 10.0. The molecule has 16 heavy (non-hydrogen) atoms. The van der Waals surface area contributed by atoms with Gasteiger partial charge in [-0.05, 0) is 30.7 Å². The normalized spacial score (nSPS) is 21.4. The Hall–Kier alpha value is -1.16. The Morgan fingerprint density at radius 1 is 1.44 bits per heavy atom. The molecule has 3 heterocycles. The van der Waals surface area contributed by atoms with Gasteiger partial charge in [-0.15, -0.1) is 0 Å². The number of anilines is 1. The van der Waals surface area contributed by atoms with E-state index in [1.807, 2.05) is 30.1 Å². The van der Waals surface area contributed by atoms with Crippen LogP contribution in [-0.2, 0) is 0 Å². The summed E-state index contributed by atoms with van der Waals surface area (Å²) in [5.74, 6) is 2.41. The molecule has 1 aliphatic rings.